The van der Waals surface area contributed by atoms with Crippen LogP contribution >= 0.6 is 0 Å². The van der Waals surface area contributed by atoms with Crippen LogP contribution in [0.1, 0.15) is 23.3 Å². The summed E-state index contributed by atoms with van der Waals surface area (Å²) in [7, 11) is -4.63. The molecular formula is C26H24O7S. The van der Waals surface area contributed by atoms with Gasteiger partial charge in [0.2, 0.25) is 0 Å². The molecule has 7 nitrogen and oxygen atoms in total. The van der Waals surface area contributed by atoms with Crippen LogP contribution < -0.4 is 9.47 Å². The molecule has 34 heavy (non-hydrogen) atoms. The van der Waals surface area contributed by atoms with E-state index in [0.29, 0.717) is 16.7 Å². The number of ether oxygens (including phenoxy) is 2. The molecule has 0 aliphatic rings. The minimum Gasteiger partial charge on any atom is -0.491 e. The van der Waals surface area contributed by atoms with E-state index in [1.54, 1.807) is 54.6 Å². The van der Waals surface area contributed by atoms with E-state index in [0.717, 1.165) is 5.56 Å². The van der Waals surface area contributed by atoms with Gasteiger partial charge in [-0.25, -0.2) is 0 Å². The number of hydrogen-bond donors (Lipinski definition) is 3. The maximum atomic E-state index is 12.2. The zero-order valence-corrected chi connectivity index (χ0v) is 18.9. The normalized spacial score (nSPS) is 13.4. The fourth-order valence-electron chi connectivity index (χ4n) is 3.62. The van der Waals surface area contributed by atoms with Crippen molar-refractivity contribution >= 4 is 20.9 Å². The van der Waals surface area contributed by atoms with Crippen LogP contribution in [-0.2, 0) is 10.1 Å². The van der Waals surface area contributed by atoms with Gasteiger partial charge < -0.3 is 19.7 Å². The van der Waals surface area contributed by atoms with E-state index in [2.05, 4.69) is 0 Å². The molecule has 4 rings (SSSR count). The second kappa shape index (κ2) is 10.2. The lowest BCUT2D eigenvalue weighted by Crippen LogP contribution is -2.12. The minimum atomic E-state index is -4.63. The van der Waals surface area contributed by atoms with Crippen molar-refractivity contribution in [1.82, 2.24) is 0 Å². The molecule has 3 N–H and O–H groups in total. The van der Waals surface area contributed by atoms with Gasteiger partial charge in [0, 0.05) is 5.39 Å². The van der Waals surface area contributed by atoms with Crippen LogP contribution in [0.5, 0.6) is 11.5 Å². The number of rotatable bonds is 9. The van der Waals surface area contributed by atoms with Gasteiger partial charge in [-0.2, -0.15) is 8.42 Å². The van der Waals surface area contributed by atoms with Gasteiger partial charge in [0.25, 0.3) is 10.1 Å². The zero-order chi connectivity index (χ0) is 24.1. The highest BCUT2D eigenvalue weighted by molar-refractivity contribution is 7.86. The maximum Gasteiger partial charge on any atom is 0.298 e. The Morgan fingerprint density at radius 1 is 0.706 bits per heavy atom. The van der Waals surface area contributed by atoms with Crippen LogP contribution in [0.15, 0.2) is 95.9 Å². The maximum absolute atomic E-state index is 12.2. The van der Waals surface area contributed by atoms with Crippen LogP contribution in [0.2, 0.25) is 0 Å². The standard InChI is InChI=1S/C26H24O7S/c27-23(18-7-3-1-4-8-18)16-32-21-12-13-22-20(15-21)11-14-25(26(22)34(29,30)31)33-17-24(28)19-9-5-2-6-10-19/h1-15,23-24,27-28H,16-17H2,(H,29,30,31). The average molecular weight is 481 g/mol. The first-order valence-corrected chi connectivity index (χ1v) is 12.0. The van der Waals surface area contributed by atoms with Crippen molar-refractivity contribution in [2.45, 2.75) is 17.1 Å². The summed E-state index contributed by atoms with van der Waals surface area (Å²) in [6, 6.07) is 25.6. The Bertz CT molecular complexity index is 1360. The summed E-state index contributed by atoms with van der Waals surface area (Å²) >= 11 is 0. The van der Waals surface area contributed by atoms with Crippen LogP contribution in [0, 0.1) is 0 Å². The number of hydrogen-bond acceptors (Lipinski definition) is 6. The SMILES string of the molecule is O=S(=O)(O)c1c(OCC(O)c2ccccc2)ccc2cc(OCC(O)c3ccccc3)ccc12. The third kappa shape index (κ3) is 5.55. The first kappa shape index (κ1) is 23.7. The molecule has 8 heteroatoms. The van der Waals surface area contributed by atoms with E-state index < -0.39 is 22.3 Å². The van der Waals surface area contributed by atoms with E-state index in [9.17, 15) is 23.2 Å². The molecule has 0 spiro atoms. The molecule has 0 aromatic heterocycles. The predicted octanol–water partition coefficient (Wildman–Crippen LogP) is 4.31. The molecule has 2 unspecified atom stereocenters. The Balaban J connectivity index is 1.55. The molecule has 0 saturated heterocycles. The minimum absolute atomic E-state index is 0.0131. The molecule has 0 radical (unpaired) electrons. The van der Waals surface area contributed by atoms with Gasteiger partial charge in [-0.1, -0.05) is 66.7 Å². The Morgan fingerprint density at radius 3 is 1.82 bits per heavy atom. The van der Waals surface area contributed by atoms with E-state index in [1.807, 2.05) is 24.3 Å². The first-order valence-electron chi connectivity index (χ1n) is 10.6. The molecule has 0 aliphatic heterocycles. The Morgan fingerprint density at radius 2 is 1.26 bits per heavy atom. The zero-order valence-electron chi connectivity index (χ0n) is 18.1. The number of benzene rings is 4. The fourth-order valence-corrected chi connectivity index (χ4v) is 4.46. The Hall–Kier alpha value is -3.43. The highest BCUT2D eigenvalue weighted by atomic mass is 32.2. The predicted molar refractivity (Wildman–Crippen MR) is 128 cm³/mol. The monoisotopic (exact) mass is 480 g/mol. The second-order valence-electron chi connectivity index (χ2n) is 7.73. The number of fused-ring (bicyclic) bond motifs is 1. The quantitative estimate of drug-likeness (QED) is 0.306. The molecule has 4 aromatic rings. The summed E-state index contributed by atoms with van der Waals surface area (Å²) in [4.78, 5) is -0.388. The molecule has 2 atom stereocenters. The molecule has 0 aliphatic carbocycles. The Labute approximate surface area is 197 Å². The first-order chi connectivity index (χ1) is 16.3. The molecule has 0 fully saturated rings. The van der Waals surface area contributed by atoms with Crippen molar-refractivity contribution in [2.24, 2.45) is 0 Å². The van der Waals surface area contributed by atoms with Crippen LogP contribution in [0.3, 0.4) is 0 Å². The highest BCUT2D eigenvalue weighted by Crippen LogP contribution is 2.34. The largest absolute Gasteiger partial charge is 0.491 e. The third-order valence-corrected chi connectivity index (χ3v) is 6.27. The summed E-state index contributed by atoms with van der Waals surface area (Å²) in [5.41, 5.74) is 1.34. The van der Waals surface area contributed by atoms with Crippen molar-refractivity contribution in [1.29, 1.82) is 0 Å². The van der Waals surface area contributed by atoms with Crippen molar-refractivity contribution in [3.05, 3.63) is 102 Å². The molecule has 176 valence electrons. The van der Waals surface area contributed by atoms with Gasteiger partial charge in [0.05, 0.1) is 0 Å². The lowest BCUT2D eigenvalue weighted by Gasteiger charge is -2.16. The third-order valence-electron chi connectivity index (χ3n) is 5.34. The van der Waals surface area contributed by atoms with Gasteiger partial charge in [-0.3, -0.25) is 4.55 Å². The fraction of sp³-hybridized carbons (Fsp3) is 0.154. The van der Waals surface area contributed by atoms with Crippen LogP contribution in [0.4, 0.5) is 0 Å². The second-order valence-corrected chi connectivity index (χ2v) is 9.08. The van der Waals surface area contributed by atoms with Crippen molar-refractivity contribution in [3.63, 3.8) is 0 Å². The number of aliphatic hydroxyl groups excluding tert-OH is 2. The summed E-state index contributed by atoms with van der Waals surface area (Å²) in [6.45, 7) is -0.185. The van der Waals surface area contributed by atoms with Crippen LogP contribution in [0.25, 0.3) is 10.8 Å². The van der Waals surface area contributed by atoms with E-state index in [1.165, 1.54) is 12.1 Å². The van der Waals surface area contributed by atoms with E-state index in [4.69, 9.17) is 9.47 Å². The average Bonchev–Trinajstić information content (AvgIpc) is 2.85. The molecule has 4 aromatic carbocycles. The van der Waals surface area contributed by atoms with E-state index in [-0.39, 0.29) is 29.2 Å². The van der Waals surface area contributed by atoms with Crippen molar-refractivity contribution in [3.8, 4) is 11.5 Å². The van der Waals surface area contributed by atoms with Crippen molar-refractivity contribution in [2.75, 3.05) is 13.2 Å². The van der Waals surface area contributed by atoms with Gasteiger partial charge >= 0.3 is 0 Å². The lowest BCUT2D eigenvalue weighted by molar-refractivity contribution is 0.106. The van der Waals surface area contributed by atoms with Crippen molar-refractivity contribution < 1.29 is 32.7 Å². The molecule has 0 bridgehead atoms. The summed E-state index contributed by atoms with van der Waals surface area (Å²) in [6.07, 6.45) is -1.80. The van der Waals surface area contributed by atoms with Gasteiger partial charge in [0.1, 0.15) is 41.8 Å². The van der Waals surface area contributed by atoms with Gasteiger partial charge in [-0.15, -0.1) is 0 Å². The van der Waals surface area contributed by atoms with E-state index >= 15 is 0 Å². The Kier molecular flexibility index (Phi) is 7.14. The molecule has 0 heterocycles. The lowest BCUT2D eigenvalue weighted by atomic mass is 10.1. The summed E-state index contributed by atoms with van der Waals surface area (Å²) in [5.74, 6) is 0.357. The van der Waals surface area contributed by atoms with Gasteiger partial charge in [0.15, 0.2) is 0 Å². The van der Waals surface area contributed by atoms with Gasteiger partial charge in [-0.05, 0) is 40.8 Å². The smallest absolute Gasteiger partial charge is 0.298 e. The highest BCUT2D eigenvalue weighted by Gasteiger charge is 2.22. The summed E-state index contributed by atoms with van der Waals surface area (Å²) in [5, 5.41) is 21.4. The summed E-state index contributed by atoms with van der Waals surface area (Å²) < 4.78 is 45.5. The van der Waals surface area contributed by atoms with Crippen LogP contribution in [-0.4, -0.2) is 36.4 Å². The topological polar surface area (TPSA) is 113 Å². The molecular weight excluding hydrogens is 456 g/mol. The molecule has 0 saturated carbocycles. The number of aliphatic hydroxyl groups is 2. The molecule has 0 amide bonds.